The molecular weight excluding hydrogens is 180 g/mol. The predicted molar refractivity (Wildman–Crippen MR) is 64.5 cm³/mol. The summed E-state index contributed by atoms with van der Waals surface area (Å²) in [6.45, 7) is 10.1. The first-order valence-corrected chi connectivity index (χ1v) is 7.03. The van der Waals surface area contributed by atoms with Crippen LogP contribution in [0.15, 0.2) is 0 Å². The third-order valence-corrected chi connectivity index (χ3v) is 6.32. The minimum atomic E-state index is 0.696. The normalized spacial score (nSPS) is 56.8. The molecule has 3 fully saturated rings. The van der Waals surface area contributed by atoms with E-state index in [4.69, 9.17) is 0 Å². The van der Waals surface area contributed by atoms with E-state index in [9.17, 15) is 0 Å². The Bertz CT molecular complexity index is 265. The molecule has 0 amide bonds. The van der Waals surface area contributed by atoms with Gasteiger partial charge in [-0.3, -0.25) is 0 Å². The minimum Gasteiger partial charge on any atom is -0.0622 e. The van der Waals surface area contributed by atoms with Crippen molar-refractivity contribution >= 4 is 0 Å². The van der Waals surface area contributed by atoms with Crippen LogP contribution in [0, 0.1) is 40.9 Å². The summed E-state index contributed by atoms with van der Waals surface area (Å²) >= 11 is 0. The van der Waals surface area contributed by atoms with Gasteiger partial charge in [0.25, 0.3) is 0 Å². The third kappa shape index (κ3) is 1.26. The Morgan fingerprint density at radius 2 is 1.53 bits per heavy atom. The van der Waals surface area contributed by atoms with E-state index < -0.39 is 0 Å². The van der Waals surface area contributed by atoms with Crippen molar-refractivity contribution in [1.29, 1.82) is 0 Å². The van der Waals surface area contributed by atoms with Gasteiger partial charge < -0.3 is 0 Å². The molecule has 0 spiro atoms. The second-order valence-corrected chi connectivity index (χ2v) is 7.30. The van der Waals surface area contributed by atoms with Crippen LogP contribution in [0.4, 0.5) is 0 Å². The van der Waals surface area contributed by atoms with Crippen LogP contribution in [0.1, 0.15) is 53.4 Å². The maximum Gasteiger partial charge on any atom is -0.0289 e. The van der Waals surface area contributed by atoms with Crippen LogP contribution in [0.5, 0.6) is 0 Å². The highest BCUT2D eigenvalue weighted by atomic mass is 14.7. The van der Waals surface area contributed by atoms with Gasteiger partial charge >= 0.3 is 0 Å². The van der Waals surface area contributed by atoms with Gasteiger partial charge in [0, 0.05) is 0 Å². The van der Waals surface area contributed by atoms with Crippen molar-refractivity contribution in [1.82, 2.24) is 0 Å². The average molecular weight is 206 g/mol. The second kappa shape index (κ2) is 3.02. The Morgan fingerprint density at radius 3 is 2.27 bits per heavy atom. The van der Waals surface area contributed by atoms with Crippen LogP contribution in [-0.4, -0.2) is 0 Å². The first kappa shape index (κ1) is 10.2. The van der Waals surface area contributed by atoms with Gasteiger partial charge in [0.1, 0.15) is 0 Å². The van der Waals surface area contributed by atoms with Crippen LogP contribution in [-0.2, 0) is 0 Å². The molecule has 2 unspecified atom stereocenters. The lowest BCUT2D eigenvalue weighted by atomic mass is 9.77. The maximum absolute atomic E-state index is 2.53. The van der Waals surface area contributed by atoms with Crippen LogP contribution < -0.4 is 0 Å². The lowest BCUT2D eigenvalue weighted by Crippen LogP contribution is -2.22. The molecule has 3 saturated carbocycles. The molecule has 0 bridgehead atoms. The van der Waals surface area contributed by atoms with Gasteiger partial charge in [0.05, 0.1) is 0 Å². The van der Waals surface area contributed by atoms with E-state index in [2.05, 4.69) is 27.7 Å². The summed E-state index contributed by atoms with van der Waals surface area (Å²) in [4.78, 5) is 0. The van der Waals surface area contributed by atoms with Crippen molar-refractivity contribution in [2.45, 2.75) is 53.4 Å². The van der Waals surface area contributed by atoms with Crippen LogP contribution in [0.2, 0.25) is 0 Å². The Kier molecular flexibility index (Phi) is 2.05. The molecule has 0 heteroatoms. The first-order chi connectivity index (χ1) is 7.03. The van der Waals surface area contributed by atoms with Gasteiger partial charge in [-0.25, -0.2) is 0 Å². The van der Waals surface area contributed by atoms with Crippen molar-refractivity contribution in [2.75, 3.05) is 0 Å². The number of fused-ring (bicyclic) bond motifs is 3. The van der Waals surface area contributed by atoms with Crippen molar-refractivity contribution in [2.24, 2.45) is 40.9 Å². The molecule has 0 saturated heterocycles. The summed E-state index contributed by atoms with van der Waals surface area (Å²) in [5, 5.41) is 0. The fourth-order valence-electron chi connectivity index (χ4n) is 5.31. The molecular formula is C15H26. The summed E-state index contributed by atoms with van der Waals surface area (Å²) in [6, 6.07) is 0. The predicted octanol–water partition coefficient (Wildman–Crippen LogP) is 4.35. The zero-order valence-corrected chi connectivity index (χ0v) is 10.8. The third-order valence-electron chi connectivity index (χ3n) is 6.32. The van der Waals surface area contributed by atoms with Gasteiger partial charge in [0.15, 0.2) is 0 Å². The molecule has 0 nitrogen and oxygen atoms in total. The van der Waals surface area contributed by atoms with E-state index >= 15 is 0 Å². The van der Waals surface area contributed by atoms with Crippen LogP contribution in [0.3, 0.4) is 0 Å². The quantitative estimate of drug-likeness (QED) is 0.553. The first-order valence-electron chi connectivity index (χ1n) is 7.03. The number of hydrogen-bond acceptors (Lipinski definition) is 0. The van der Waals surface area contributed by atoms with E-state index in [1.165, 1.54) is 25.7 Å². The standard InChI is InChI=1S/C15H26/c1-9-6-8-12-14(15(12,3)4)13-10(2)5-7-11(9)13/h9-14H,5-8H2,1-4H3/t9?,10-,11-,12-,13-,14?/m1/s1. The van der Waals surface area contributed by atoms with Gasteiger partial charge in [-0.1, -0.05) is 40.5 Å². The summed E-state index contributed by atoms with van der Waals surface area (Å²) in [6.07, 6.45) is 6.09. The fraction of sp³-hybridized carbons (Fsp3) is 1.00. The SMILES string of the molecule is CC1CC[C@@H]2C([C@@H]3[C@H](C)CC[C@H]13)C2(C)C. The second-order valence-electron chi connectivity index (χ2n) is 7.30. The van der Waals surface area contributed by atoms with Gasteiger partial charge in [-0.05, 0) is 53.8 Å². The molecule has 86 valence electrons. The van der Waals surface area contributed by atoms with Gasteiger partial charge in [-0.2, -0.15) is 0 Å². The van der Waals surface area contributed by atoms with E-state index in [1.807, 2.05) is 0 Å². The topological polar surface area (TPSA) is 0 Å². The molecule has 15 heavy (non-hydrogen) atoms. The zero-order valence-electron chi connectivity index (χ0n) is 10.8. The zero-order chi connectivity index (χ0) is 10.8. The smallest absolute Gasteiger partial charge is 0.0289 e. The summed E-state index contributed by atoms with van der Waals surface area (Å²) < 4.78 is 0. The highest BCUT2D eigenvalue weighted by Gasteiger charge is 2.64. The van der Waals surface area contributed by atoms with E-state index in [0.29, 0.717) is 5.41 Å². The number of hydrogen-bond donors (Lipinski definition) is 0. The fourth-order valence-corrected chi connectivity index (χ4v) is 5.31. The molecule has 3 rings (SSSR count). The van der Waals surface area contributed by atoms with Crippen molar-refractivity contribution in [3.63, 3.8) is 0 Å². The molecule has 3 aliphatic rings. The van der Waals surface area contributed by atoms with Crippen LogP contribution in [0.25, 0.3) is 0 Å². The average Bonchev–Trinajstić information content (AvgIpc) is 2.55. The molecule has 0 aromatic heterocycles. The molecule has 0 aliphatic heterocycles. The van der Waals surface area contributed by atoms with Gasteiger partial charge in [-0.15, -0.1) is 0 Å². The Balaban J connectivity index is 1.90. The Hall–Kier alpha value is 0. The Morgan fingerprint density at radius 1 is 0.867 bits per heavy atom. The summed E-state index contributed by atoms with van der Waals surface area (Å²) in [5.74, 6) is 6.37. The molecule has 3 aliphatic carbocycles. The lowest BCUT2D eigenvalue weighted by molar-refractivity contribution is 0.202. The number of rotatable bonds is 0. The molecule has 0 N–H and O–H groups in total. The Labute approximate surface area is 94.8 Å². The minimum absolute atomic E-state index is 0.696. The molecule has 0 radical (unpaired) electrons. The monoisotopic (exact) mass is 206 g/mol. The van der Waals surface area contributed by atoms with Gasteiger partial charge in [0.2, 0.25) is 0 Å². The highest BCUT2D eigenvalue weighted by molar-refractivity contribution is 5.12. The van der Waals surface area contributed by atoms with Crippen molar-refractivity contribution < 1.29 is 0 Å². The van der Waals surface area contributed by atoms with Crippen molar-refractivity contribution in [3.8, 4) is 0 Å². The van der Waals surface area contributed by atoms with Crippen LogP contribution >= 0.6 is 0 Å². The maximum atomic E-state index is 2.53. The van der Waals surface area contributed by atoms with E-state index in [-0.39, 0.29) is 0 Å². The summed E-state index contributed by atoms with van der Waals surface area (Å²) in [7, 11) is 0. The molecule has 0 aromatic rings. The largest absolute Gasteiger partial charge is 0.0622 e. The molecule has 6 atom stereocenters. The van der Waals surface area contributed by atoms with E-state index in [1.54, 1.807) is 0 Å². The lowest BCUT2D eigenvalue weighted by Gasteiger charge is -2.28. The van der Waals surface area contributed by atoms with Crippen molar-refractivity contribution in [3.05, 3.63) is 0 Å². The molecule has 0 heterocycles. The molecule has 0 aromatic carbocycles. The highest BCUT2D eigenvalue weighted by Crippen LogP contribution is 2.70. The van der Waals surface area contributed by atoms with E-state index in [0.717, 1.165) is 35.5 Å². The summed E-state index contributed by atoms with van der Waals surface area (Å²) in [5.41, 5.74) is 0.696.